The topological polar surface area (TPSA) is 58.6 Å². The summed E-state index contributed by atoms with van der Waals surface area (Å²) in [6, 6.07) is 13.9. The zero-order chi connectivity index (χ0) is 21.2. The van der Waals surface area contributed by atoms with Crippen molar-refractivity contribution in [3.63, 3.8) is 0 Å². The van der Waals surface area contributed by atoms with E-state index in [1.807, 2.05) is 24.3 Å². The van der Waals surface area contributed by atoms with E-state index in [-0.39, 0.29) is 18.4 Å². The molecule has 0 aliphatic heterocycles. The Morgan fingerprint density at radius 3 is 2.41 bits per heavy atom. The molecule has 2 aromatic rings. The average Bonchev–Trinajstić information content (AvgIpc) is 2.72. The van der Waals surface area contributed by atoms with Crippen LogP contribution in [0.15, 0.2) is 53.0 Å². The zero-order valence-corrected chi connectivity index (χ0v) is 19.0. The SMILES string of the molecule is CCCCNC(=O)[C@@H](C)N(Cc1ccc(Br)cc1)C(=O)COc1ccc(Cl)cc1. The third-order valence-corrected chi connectivity index (χ3v) is 5.22. The van der Waals surface area contributed by atoms with Gasteiger partial charge in [0.25, 0.3) is 5.91 Å². The highest BCUT2D eigenvalue weighted by molar-refractivity contribution is 9.10. The number of hydrogen-bond donors (Lipinski definition) is 1. The normalized spacial score (nSPS) is 11.6. The van der Waals surface area contributed by atoms with Crippen LogP contribution in [0.2, 0.25) is 5.02 Å². The minimum atomic E-state index is -0.614. The Hall–Kier alpha value is -2.05. The van der Waals surface area contributed by atoms with Crippen LogP contribution in [0.25, 0.3) is 0 Å². The summed E-state index contributed by atoms with van der Waals surface area (Å²) in [4.78, 5) is 27.0. The van der Waals surface area contributed by atoms with E-state index in [2.05, 4.69) is 28.2 Å². The molecule has 1 atom stereocenters. The van der Waals surface area contributed by atoms with Gasteiger partial charge in [0, 0.05) is 22.6 Å². The van der Waals surface area contributed by atoms with Gasteiger partial charge in [-0.25, -0.2) is 0 Å². The summed E-state index contributed by atoms with van der Waals surface area (Å²) in [5.41, 5.74) is 0.932. The molecule has 2 amide bonds. The van der Waals surface area contributed by atoms with Crippen LogP contribution in [-0.2, 0) is 16.1 Å². The van der Waals surface area contributed by atoms with Crippen molar-refractivity contribution in [2.24, 2.45) is 0 Å². The highest BCUT2D eigenvalue weighted by Crippen LogP contribution is 2.17. The molecule has 7 heteroatoms. The summed E-state index contributed by atoms with van der Waals surface area (Å²) in [5, 5.41) is 3.49. The Balaban J connectivity index is 2.08. The number of halogens is 2. The van der Waals surface area contributed by atoms with Crippen molar-refractivity contribution < 1.29 is 14.3 Å². The van der Waals surface area contributed by atoms with Gasteiger partial charge in [-0.2, -0.15) is 0 Å². The largest absolute Gasteiger partial charge is 0.484 e. The monoisotopic (exact) mass is 480 g/mol. The molecule has 0 bridgehead atoms. The number of unbranched alkanes of at least 4 members (excludes halogenated alkanes) is 1. The molecule has 1 N–H and O–H groups in total. The van der Waals surface area contributed by atoms with Gasteiger partial charge in [-0.15, -0.1) is 0 Å². The number of ether oxygens (including phenoxy) is 1. The summed E-state index contributed by atoms with van der Waals surface area (Å²) in [6.07, 6.45) is 1.89. The van der Waals surface area contributed by atoms with Crippen molar-refractivity contribution in [1.82, 2.24) is 10.2 Å². The molecule has 0 aromatic heterocycles. The smallest absolute Gasteiger partial charge is 0.261 e. The lowest BCUT2D eigenvalue weighted by Gasteiger charge is -2.28. The second kappa shape index (κ2) is 11.8. The third kappa shape index (κ3) is 7.71. The first-order valence-corrected chi connectivity index (χ1v) is 10.8. The van der Waals surface area contributed by atoms with E-state index in [1.54, 1.807) is 36.1 Å². The van der Waals surface area contributed by atoms with Crippen LogP contribution < -0.4 is 10.1 Å². The van der Waals surface area contributed by atoms with E-state index in [1.165, 1.54) is 0 Å². The Morgan fingerprint density at radius 1 is 1.14 bits per heavy atom. The van der Waals surface area contributed by atoms with Crippen molar-refractivity contribution >= 4 is 39.3 Å². The fourth-order valence-corrected chi connectivity index (χ4v) is 3.05. The minimum absolute atomic E-state index is 0.162. The van der Waals surface area contributed by atoms with Crippen molar-refractivity contribution in [2.75, 3.05) is 13.2 Å². The van der Waals surface area contributed by atoms with E-state index < -0.39 is 6.04 Å². The fourth-order valence-electron chi connectivity index (χ4n) is 2.66. The number of nitrogens with one attached hydrogen (secondary N) is 1. The predicted molar refractivity (Wildman–Crippen MR) is 119 cm³/mol. The maximum atomic E-state index is 12.9. The molecular formula is C22H26BrClN2O3. The van der Waals surface area contributed by atoms with Gasteiger partial charge in [-0.05, 0) is 55.3 Å². The summed E-state index contributed by atoms with van der Waals surface area (Å²) in [7, 11) is 0. The van der Waals surface area contributed by atoms with Gasteiger partial charge in [0.15, 0.2) is 6.61 Å². The molecule has 0 saturated heterocycles. The second-order valence-corrected chi connectivity index (χ2v) is 8.06. The molecule has 156 valence electrons. The van der Waals surface area contributed by atoms with E-state index in [9.17, 15) is 9.59 Å². The molecule has 0 aliphatic rings. The first-order chi connectivity index (χ1) is 13.9. The highest BCUT2D eigenvalue weighted by Gasteiger charge is 2.26. The van der Waals surface area contributed by atoms with Crippen molar-refractivity contribution in [3.8, 4) is 5.75 Å². The molecular weight excluding hydrogens is 456 g/mol. The standard InChI is InChI=1S/C22H26BrClN2O3/c1-3-4-13-25-22(28)16(2)26(14-17-5-7-18(23)8-6-17)21(27)15-29-20-11-9-19(24)10-12-20/h5-12,16H,3-4,13-15H2,1-2H3,(H,25,28)/t16-/m1/s1. The lowest BCUT2D eigenvalue weighted by atomic mass is 10.1. The molecule has 0 spiro atoms. The van der Waals surface area contributed by atoms with Crippen LogP contribution >= 0.6 is 27.5 Å². The molecule has 5 nitrogen and oxygen atoms in total. The molecule has 0 unspecified atom stereocenters. The number of rotatable bonds is 10. The maximum absolute atomic E-state index is 12.9. The number of carbonyl (C=O) groups is 2. The highest BCUT2D eigenvalue weighted by atomic mass is 79.9. The summed E-state index contributed by atoms with van der Waals surface area (Å²) >= 11 is 9.29. The van der Waals surface area contributed by atoms with Gasteiger partial charge >= 0.3 is 0 Å². The molecule has 0 heterocycles. The number of carbonyl (C=O) groups excluding carboxylic acids is 2. The van der Waals surface area contributed by atoms with Crippen molar-refractivity contribution in [2.45, 2.75) is 39.3 Å². The van der Waals surface area contributed by atoms with Gasteiger partial charge < -0.3 is 15.0 Å². The molecule has 29 heavy (non-hydrogen) atoms. The lowest BCUT2D eigenvalue weighted by Crippen LogP contribution is -2.49. The van der Waals surface area contributed by atoms with Gasteiger partial charge in [-0.1, -0.05) is 53.0 Å². The lowest BCUT2D eigenvalue weighted by molar-refractivity contribution is -0.142. The number of benzene rings is 2. The molecule has 0 radical (unpaired) electrons. The van der Waals surface area contributed by atoms with E-state index >= 15 is 0 Å². The zero-order valence-electron chi connectivity index (χ0n) is 16.7. The summed E-state index contributed by atoms with van der Waals surface area (Å²) in [6.45, 7) is 4.55. The van der Waals surface area contributed by atoms with Crippen LogP contribution in [0, 0.1) is 0 Å². The third-order valence-electron chi connectivity index (χ3n) is 4.44. The Kier molecular flexibility index (Phi) is 9.48. The van der Waals surface area contributed by atoms with E-state index in [0.717, 1.165) is 22.9 Å². The Bertz CT molecular complexity index is 797. The molecule has 0 aliphatic carbocycles. The van der Waals surface area contributed by atoms with Crippen LogP contribution in [0.4, 0.5) is 0 Å². The molecule has 0 fully saturated rings. The molecule has 2 aromatic carbocycles. The fraction of sp³-hybridized carbons (Fsp3) is 0.364. The van der Waals surface area contributed by atoms with Gasteiger partial charge in [0.05, 0.1) is 0 Å². The first kappa shape index (κ1) is 23.2. The number of nitrogens with zero attached hydrogens (tertiary/aromatic N) is 1. The first-order valence-electron chi connectivity index (χ1n) is 9.60. The van der Waals surface area contributed by atoms with Crippen LogP contribution in [-0.4, -0.2) is 35.9 Å². The van der Waals surface area contributed by atoms with Crippen molar-refractivity contribution in [1.29, 1.82) is 0 Å². The predicted octanol–water partition coefficient (Wildman–Crippen LogP) is 4.81. The van der Waals surface area contributed by atoms with Crippen LogP contribution in [0.5, 0.6) is 5.75 Å². The van der Waals surface area contributed by atoms with Gasteiger partial charge in [-0.3, -0.25) is 9.59 Å². The summed E-state index contributed by atoms with van der Waals surface area (Å²) in [5.74, 6) is 0.114. The van der Waals surface area contributed by atoms with Crippen molar-refractivity contribution in [3.05, 3.63) is 63.6 Å². The van der Waals surface area contributed by atoms with E-state index in [0.29, 0.717) is 23.9 Å². The molecule has 0 saturated carbocycles. The molecule has 2 rings (SSSR count). The average molecular weight is 482 g/mol. The second-order valence-electron chi connectivity index (χ2n) is 6.71. The van der Waals surface area contributed by atoms with Crippen LogP contribution in [0.1, 0.15) is 32.3 Å². The number of hydrogen-bond acceptors (Lipinski definition) is 3. The van der Waals surface area contributed by atoms with E-state index in [4.69, 9.17) is 16.3 Å². The quantitative estimate of drug-likeness (QED) is 0.495. The maximum Gasteiger partial charge on any atom is 0.261 e. The summed E-state index contributed by atoms with van der Waals surface area (Å²) < 4.78 is 6.55. The van der Waals surface area contributed by atoms with Gasteiger partial charge in [0.2, 0.25) is 5.91 Å². The van der Waals surface area contributed by atoms with Crippen LogP contribution in [0.3, 0.4) is 0 Å². The Morgan fingerprint density at radius 2 is 1.79 bits per heavy atom. The number of amides is 2. The minimum Gasteiger partial charge on any atom is -0.484 e. The Labute approximate surface area is 185 Å². The van der Waals surface area contributed by atoms with Gasteiger partial charge in [0.1, 0.15) is 11.8 Å².